The first-order valence-corrected chi connectivity index (χ1v) is 11.8. The summed E-state index contributed by atoms with van der Waals surface area (Å²) in [6.45, 7) is -0.170. The number of nitriles is 1. The van der Waals surface area contributed by atoms with E-state index in [9.17, 15) is 10.1 Å². The lowest BCUT2D eigenvalue weighted by Crippen LogP contribution is -2.20. The number of anilines is 1. The molecule has 4 rings (SSSR count). The first kappa shape index (κ1) is 24.0. The van der Waals surface area contributed by atoms with E-state index in [1.807, 2.05) is 35.7 Å². The van der Waals surface area contributed by atoms with Crippen LogP contribution in [0.2, 0.25) is 5.02 Å². The number of methoxy groups -OCH3 is 1. The number of carbonyl (C=O) groups is 1. The fraction of sp³-hybridized carbons (Fsp3) is 0.0741. The Morgan fingerprint density at radius 2 is 1.89 bits per heavy atom. The highest BCUT2D eigenvalue weighted by atomic mass is 35.5. The summed E-state index contributed by atoms with van der Waals surface area (Å²) in [5.41, 5.74) is 3.56. The van der Waals surface area contributed by atoms with Crippen LogP contribution in [0.15, 0.2) is 78.2 Å². The average Bonchev–Trinajstić information content (AvgIpc) is 3.37. The molecule has 174 valence electrons. The van der Waals surface area contributed by atoms with Crippen LogP contribution in [0, 0.1) is 11.3 Å². The average molecular weight is 502 g/mol. The fourth-order valence-corrected chi connectivity index (χ4v) is 4.13. The highest BCUT2D eigenvalue weighted by Gasteiger charge is 2.12. The standard InChI is InChI=1S/C27H20ClN3O3S/c1-33-25-14-18(7-12-24(25)34-16-26(32)30-22-5-3-2-4-6-22)13-20(15-29)27-31-23(17-35-27)19-8-10-21(28)11-9-19/h2-14,17H,16H2,1H3,(H,30,32)/b20-13+. The zero-order valence-corrected chi connectivity index (χ0v) is 20.3. The molecule has 0 bridgehead atoms. The summed E-state index contributed by atoms with van der Waals surface area (Å²) in [4.78, 5) is 16.8. The normalized spacial score (nSPS) is 10.9. The summed E-state index contributed by atoms with van der Waals surface area (Å²) in [6.07, 6.45) is 1.74. The van der Waals surface area contributed by atoms with E-state index in [-0.39, 0.29) is 12.5 Å². The van der Waals surface area contributed by atoms with Gasteiger partial charge in [-0.2, -0.15) is 5.26 Å². The van der Waals surface area contributed by atoms with Gasteiger partial charge in [0.25, 0.3) is 5.91 Å². The van der Waals surface area contributed by atoms with Crippen LogP contribution < -0.4 is 14.8 Å². The van der Waals surface area contributed by atoms with Crippen molar-refractivity contribution >= 4 is 46.2 Å². The molecule has 8 heteroatoms. The molecule has 0 aliphatic carbocycles. The van der Waals surface area contributed by atoms with Gasteiger partial charge in [0.2, 0.25) is 0 Å². The van der Waals surface area contributed by atoms with Crippen molar-refractivity contribution in [2.45, 2.75) is 0 Å². The van der Waals surface area contributed by atoms with E-state index >= 15 is 0 Å². The summed E-state index contributed by atoms with van der Waals surface area (Å²) in [6, 6.07) is 24.0. The molecule has 1 heterocycles. The van der Waals surface area contributed by atoms with E-state index < -0.39 is 0 Å². The predicted molar refractivity (Wildman–Crippen MR) is 140 cm³/mol. The third-order valence-electron chi connectivity index (χ3n) is 4.91. The second-order valence-corrected chi connectivity index (χ2v) is 8.62. The second-order valence-electron chi connectivity index (χ2n) is 7.33. The number of hydrogen-bond acceptors (Lipinski definition) is 6. The van der Waals surface area contributed by atoms with E-state index in [0.717, 1.165) is 16.8 Å². The highest BCUT2D eigenvalue weighted by molar-refractivity contribution is 7.11. The molecular weight excluding hydrogens is 482 g/mol. The van der Waals surface area contributed by atoms with E-state index in [4.69, 9.17) is 21.1 Å². The Balaban J connectivity index is 1.47. The number of thiazole rings is 1. The lowest BCUT2D eigenvalue weighted by Gasteiger charge is -2.11. The molecule has 35 heavy (non-hydrogen) atoms. The van der Waals surface area contributed by atoms with Crippen LogP contribution in [-0.4, -0.2) is 24.6 Å². The molecule has 0 aliphatic heterocycles. The number of para-hydroxylation sites is 1. The zero-order chi connectivity index (χ0) is 24.6. The molecule has 0 unspecified atom stereocenters. The monoisotopic (exact) mass is 501 g/mol. The Morgan fingerprint density at radius 1 is 1.11 bits per heavy atom. The topological polar surface area (TPSA) is 84.2 Å². The number of amides is 1. The van der Waals surface area contributed by atoms with Crippen LogP contribution in [0.3, 0.4) is 0 Å². The predicted octanol–water partition coefficient (Wildman–Crippen LogP) is 6.55. The van der Waals surface area contributed by atoms with E-state index in [2.05, 4.69) is 16.4 Å². The van der Waals surface area contributed by atoms with Gasteiger partial charge in [-0.3, -0.25) is 4.79 Å². The number of ether oxygens (including phenoxy) is 2. The number of rotatable bonds is 8. The SMILES string of the molecule is COc1cc(/C=C(\C#N)c2nc(-c3ccc(Cl)cc3)cs2)ccc1OCC(=O)Nc1ccccc1. The number of hydrogen-bond donors (Lipinski definition) is 1. The van der Waals surface area contributed by atoms with Crippen molar-refractivity contribution in [1.82, 2.24) is 4.98 Å². The fourth-order valence-electron chi connectivity index (χ4n) is 3.21. The molecule has 0 fully saturated rings. The Labute approximate surface area is 212 Å². The highest BCUT2D eigenvalue weighted by Crippen LogP contribution is 2.31. The second kappa shape index (κ2) is 11.3. The molecule has 0 saturated heterocycles. The molecular formula is C27H20ClN3O3S. The maximum absolute atomic E-state index is 12.2. The van der Waals surface area contributed by atoms with Crippen LogP contribution in [0.5, 0.6) is 11.5 Å². The van der Waals surface area contributed by atoms with Crippen molar-refractivity contribution in [3.63, 3.8) is 0 Å². The minimum absolute atomic E-state index is 0.170. The van der Waals surface area contributed by atoms with E-state index in [1.54, 1.807) is 48.5 Å². The number of benzene rings is 3. The molecule has 1 aromatic heterocycles. The number of allylic oxidation sites excluding steroid dienone is 1. The van der Waals surface area contributed by atoms with Crippen LogP contribution in [0.25, 0.3) is 22.9 Å². The Bertz CT molecular complexity index is 1390. The van der Waals surface area contributed by atoms with Crippen molar-refractivity contribution < 1.29 is 14.3 Å². The summed E-state index contributed by atoms with van der Waals surface area (Å²) in [5, 5.41) is 15.7. The molecule has 4 aromatic rings. The van der Waals surface area contributed by atoms with Crippen LogP contribution in [0.4, 0.5) is 5.69 Å². The lowest BCUT2D eigenvalue weighted by molar-refractivity contribution is -0.118. The number of aromatic nitrogens is 1. The van der Waals surface area contributed by atoms with Crippen LogP contribution in [0.1, 0.15) is 10.6 Å². The van der Waals surface area contributed by atoms with Crippen molar-refractivity contribution in [1.29, 1.82) is 5.26 Å². The molecule has 1 N–H and O–H groups in total. The number of nitrogens with zero attached hydrogens (tertiary/aromatic N) is 2. The smallest absolute Gasteiger partial charge is 0.262 e. The lowest BCUT2D eigenvalue weighted by atomic mass is 10.1. The molecule has 0 saturated carbocycles. The van der Waals surface area contributed by atoms with Crippen LogP contribution in [-0.2, 0) is 4.79 Å². The largest absolute Gasteiger partial charge is 0.493 e. The molecule has 1 amide bonds. The van der Waals surface area contributed by atoms with E-state index in [0.29, 0.717) is 32.8 Å². The van der Waals surface area contributed by atoms with Crippen molar-refractivity contribution in [3.05, 3.63) is 93.8 Å². The molecule has 3 aromatic carbocycles. The molecule has 0 radical (unpaired) electrons. The quantitative estimate of drug-likeness (QED) is 0.276. The number of carbonyl (C=O) groups excluding carboxylic acids is 1. The summed E-state index contributed by atoms with van der Waals surface area (Å²) >= 11 is 7.35. The number of halogens is 1. The molecule has 6 nitrogen and oxygen atoms in total. The summed E-state index contributed by atoms with van der Waals surface area (Å²) in [5.74, 6) is 0.587. The maximum atomic E-state index is 12.2. The van der Waals surface area contributed by atoms with Gasteiger partial charge in [-0.05, 0) is 48.0 Å². The Hall–Kier alpha value is -4.12. The van der Waals surface area contributed by atoms with Gasteiger partial charge in [0.1, 0.15) is 11.1 Å². The first-order valence-electron chi connectivity index (χ1n) is 10.5. The minimum atomic E-state index is -0.283. The van der Waals surface area contributed by atoms with Gasteiger partial charge in [-0.25, -0.2) is 4.98 Å². The third-order valence-corrected chi connectivity index (χ3v) is 6.04. The van der Waals surface area contributed by atoms with Gasteiger partial charge in [-0.1, -0.05) is 48.0 Å². The van der Waals surface area contributed by atoms with Gasteiger partial charge >= 0.3 is 0 Å². The zero-order valence-electron chi connectivity index (χ0n) is 18.7. The van der Waals surface area contributed by atoms with Gasteiger partial charge in [0.15, 0.2) is 18.1 Å². The van der Waals surface area contributed by atoms with Gasteiger partial charge in [0, 0.05) is 21.7 Å². The molecule has 0 atom stereocenters. The third kappa shape index (κ3) is 6.27. The Morgan fingerprint density at radius 3 is 2.60 bits per heavy atom. The maximum Gasteiger partial charge on any atom is 0.262 e. The van der Waals surface area contributed by atoms with Crippen molar-refractivity contribution in [2.75, 3.05) is 19.0 Å². The Kier molecular flexibility index (Phi) is 7.78. The summed E-state index contributed by atoms with van der Waals surface area (Å²) in [7, 11) is 1.52. The van der Waals surface area contributed by atoms with Gasteiger partial charge in [0.05, 0.1) is 18.4 Å². The molecule has 0 spiro atoms. The first-order chi connectivity index (χ1) is 17.1. The minimum Gasteiger partial charge on any atom is -0.493 e. The summed E-state index contributed by atoms with van der Waals surface area (Å²) < 4.78 is 11.1. The van der Waals surface area contributed by atoms with E-state index in [1.165, 1.54) is 18.4 Å². The van der Waals surface area contributed by atoms with Gasteiger partial charge < -0.3 is 14.8 Å². The molecule has 0 aliphatic rings. The van der Waals surface area contributed by atoms with Gasteiger partial charge in [-0.15, -0.1) is 11.3 Å². The van der Waals surface area contributed by atoms with Crippen LogP contribution >= 0.6 is 22.9 Å². The van der Waals surface area contributed by atoms with Crippen molar-refractivity contribution in [3.8, 4) is 28.8 Å². The number of nitrogens with one attached hydrogen (secondary N) is 1. The van der Waals surface area contributed by atoms with Crippen molar-refractivity contribution in [2.24, 2.45) is 0 Å².